The number of amides is 1. The SMILES string of the molecule is CCCCOCC(=O)N(C)Cc1cc(C(C)(C)C)n[nH]1. The number of nitrogens with zero attached hydrogens (tertiary/aromatic N) is 2. The summed E-state index contributed by atoms with van der Waals surface area (Å²) >= 11 is 0. The number of H-pyrrole nitrogens is 1. The zero-order chi connectivity index (χ0) is 15.2. The smallest absolute Gasteiger partial charge is 0.248 e. The van der Waals surface area contributed by atoms with Gasteiger partial charge in [-0.25, -0.2) is 0 Å². The third-order valence-corrected chi connectivity index (χ3v) is 3.10. The van der Waals surface area contributed by atoms with Crippen LogP contribution < -0.4 is 0 Å². The number of hydrogen-bond donors (Lipinski definition) is 1. The molecule has 0 fully saturated rings. The van der Waals surface area contributed by atoms with Crippen LogP contribution in [0.25, 0.3) is 0 Å². The van der Waals surface area contributed by atoms with Crippen molar-refractivity contribution in [2.24, 2.45) is 0 Å². The van der Waals surface area contributed by atoms with Gasteiger partial charge in [0.15, 0.2) is 0 Å². The first-order chi connectivity index (χ1) is 9.34. The van der Waals surface area contributed by atoms with Gasteiger partial charge in [-0.05, 0) is 12.5 Å². The molecular formula is C15H27N3O2. The highest BCUT2D eigenvalue weighted by Crippen LogP contribution is 2.20. The summed E-state index contributed by atoms with van der Waals surface area (Å²) in [6, 6.07) is 2.02. The van der Waals surface area contributed by atoms with Crippen molar-refractivity contribution in [3.63, 3.8) is 0 Å². The van der Waals surface area contributed by atoms with Crippen LogP contribution in [0.2, 0.25) is 0 Å². The summed E-state index contributed by atoms with van der Waals surface area (Å²) in [6.07, 6.45) is 2.07. The van der Waals surface area contributed by atoms with Gasteiger partial charge in [0, 0.05) is 19.1 Å². The Morgan fingerprint density at radius 2 is 2.15 bits per heavy atom. The van der Waals surface area contributed by atoms with Crippen molar-refractivity contribution >= 4 is 5.91 Å². The normalized spacial score (nSPS) is 11.7. The van der Waals surface area contributed by atoms with Crippen LogP contribution in [0.15, 0.2) is 6.07 Å². The minimum absolute atomic E-state index is 0.00647. The van der Waals surface area contributed by atoms with Gasteiger partial charge in [-0.1, -0.05) is 34.1 Å². The van der Waals surface area contributed by atoms with E-state index in [1.165, 1.54) is 0 Å². The molecule has 0 radical (unpaired) electrons. The first kappa shape index (κ1) is 16.7. The van der Waals surface area contributed by atoms with E-state index < -0.39 is 0 Å². The number of carbonyl (C=O) groups is 1. The first-order valence-electron chi connectivity index (χ1n) is 7.21. The number of ether oxygens (including phenoxy) is 1. The molecule has 1 aromatic rings. The molecule has 0 aliphatic carbocycles. The molecule has 1 N–H and O–H groups in total. The Kier molecular flexibility index (Phi) is 6.20. The molecule has 0 atom stereocenters. The fraction of sp³-hybridized carbons (Fsp3) is 0.733. The van der Waals surface area contributed by atoms with Gasteiger partial charge in [-0.15, -0.1) is 0 Å². The van der Waals surface area contributed by atoms with E-state index in [1.54, 1.807) is 11.9 Å². The fourth-order valence-corrected chi connectivity index (χ4v) is 1.69. The second-order valence-corrected chi connectivity index (χ2v) is 6.18. The van der Waals surface area contributed by atoms with Gasteiger partial charge in [0.2, 0.25) is 5.91 Å². The van der Waals surface area contributed by atoms with E-state index >= 15 is 0 Å². The summed E-state index contributed by atoms with van der Waals surface area (Å²) < 4.78 is 5.34. The van der Waals surface area contributed by atoms with Gasteiger partial charge in [0.1, 0.15) is 6.61 Å². The molecule has 0 aromatic carbocycles. The van der Waals surface area contributed by atoms with Crippen molar-refractivity contribution in [1.29, 1.82) is 0 Å². The van der Waals surface area contributed by atoms with Crippen molar-refractivity contribution in [2.75, 3.05) is 20.3 Å². The molecule has 1 aromatic heterocycles. The Labute approximate surface area is 121 Å². The molecule has 1 rings (SSSR count). The van der Waals surface area contributed by atoms with Crippen LogP contribution >= 0.6 is 0 Å². The molecule has 0 aliphatic rings. The maximum Gasteiger partial charge on any atom is 0.248 e. The second-order valence-electron chi connectivity index (χ2n) is 6.18. The lowest BCUT2D eigenvalue weighted by Gasteiger charge is -2.16. The Morgan fingerprint density at radius 3 is 2.70 bits per heavy atom. The van der Waals surface area contributed by atoms with E-state index in [1.807, 2.05) is 6.07 Å². The summed E-state index contributed by atoms with van der Waals surface area (Å²) in [4.78, 5) is 13.5. The van der Waals surface area contributed by atoms with Gasteiger partial charge >= 0.3 is 0 Å². The molecule has 0 bridgehead atoms. The van der Waals surface area contributed by atoms with Gasteiger partial charge in [0.05, 0.1) is 17.9 Å². The number of rotatable bonds is 7. The highest BCUT2D eigenvalue weighted by Gasteiger charge is 2.18. The summed E-state index contributed by atoms with van der Waals surface area (Å²) in [6.45, 7) is 9.77. The summed E-state index contributed by atoms with van der Waals surface area (Å²) in [7, 11) is 1.78. The van der Waals surface area contributed by atoms with Crippen molar-refractivity contribution in [1.82, 2.24) is 15.1 Å². The largest absolute Gasteiger partial charge is 0.372 e. The highest BCUT2D eigenvalue weighted by atomic mass is 16.5. The molecule has 0 unspecified atom stereocenters. The number of hydrogen-bond acceptors (Lipinski definition) is 3. The lowest BCUT2D eigenvalue weighted by molar-refractivity contribution is -0.135. The molecular weight excluding hydrogens is 254 g/mol. The number of carbonyl (C=O) groups excluding carboxylic acids is 1. The average molecular weight is 281 g/mol. The average Bonchev–Trinajstić information content (AvgIpc) is 2.82. The molecule has 1 amide bonds. The van der Waals surface area contributed by atoms with E-state index in [-0.39, 0.29) is 17.9 Å². The van der Waals surface area contributed by atoms with E-state index in [0.29, 0.717) is 13.2 Å². The van der Waals surface area contributed by atoms with Crippen molar-refractivity contribution in [3.05, 3.63) is 17.5 Å². The standard InChI is InChI=1S/C15H27N3O2/c1-6-7-8-20-11-14(19)18(5)10-12-9-13(17-16-12)15(2,3)4/h9H,6-8,10-11H2,1-5H3,(H,16,17). The summed E-state index contributed by atoms with van der Waals surface area (Å²) in [5.41, 5.74) is 1.97. The van der Waals surface area contributed by atoms with Crippen molar-refractivity contribution < 1.29 is 9.53 Å². The van der Waals surface area contributed by atoms with Crippen LogP contribution in [-0.4, -0.2) is 41.3 Å². The third-order valence-electron chi connectivity index (χ3n) is 3.10. The monoisotopic (exact) mass is 281 g/mol. The van der Waals surface area contributed by atoms with Gasteiger partial charge in [-0.3, -0.25) is 9.89 Å². The Morgan fingerprint density at radius 1 is 1.45 bits per heavy atom. The van der Waals surface area contributed by atoms with Gasteiger partial charge < -0.3 is 9.64 Å². The predicted molar refractivity (Wildman–Crippen MR) is 79.5 cm³/mol. The molecule has 1 heterocycles. The number of nitrogens with one attached hydrogen (secondary N) is 1. The second kappa shape index (κ2) is 7.43. The zero-order valence-electron chi connectivity index (χ0n) is 13.3. The number of aromatic nitrogens is 2. The van der Waals surface area contributed by atoms with Crippen molar-refractivity contribution in [3.8, 4) is 0 Å². The van der Waals surface area contributed by atoms with Gasteiger partial charge in [-0.2, -0.15) is 5.10 Å². The van der Waals surface area contributed by atoms with Crippen LogP contribution in [0.1, 0.15) is 51.9 Å². The van der Waals surface area contributed by atoms with Crippen LogP contribution in [0.4, 0.5) is 0 Å². The molecule has 0 saturated carbocycles. The van der Waals surface area contributed by atoms with Crippen LogP contribution in [0.5, 0.6) is 0 Å². The maximum atomic E-state index is 11.9. The third kappa shape index (κ3) is 5.33. The maximum absolute atomic E-state index is 11.9. The highest BCUT2D eigenvalue weighted by molar-refractivity contribution is 5.77. The molecule has 5 nitrogen and oxygen atoms in total. The Hall–Kier alpha value is -1.36. The van der Waals surface area contributed by atoms with E-state index in [2.05, 4.69) is 37.9 Å². The zero-order valence-corrected chi connectivity index (χ0v) is 13.3. The topological polar surface area (TPSA) is 58.2 Å². The lowest BCUT2D eigenvalue weighted by atomic mass is 9.92. The number of unbranched alkanes of at least 4 members (excludes halogenated alkanes) is 1. The van der Waals surface area contributed by atoms with Crippen molar-refractivity contribution in [2.45, 2.75) is 52.5 Å². The van der Waals surface area contributed by atoms with Crippen LogP contribution in [0.3, 0.4) is 0 Å². The molecule has 114 valence electrons. The van der Waals surface area contributed by atoms with Crippen LogP contribution in [-0.2, 0) is 21.5 Å². The Balaban J connectivity index is 2.43. The molecule has 5 heteroatoms. The minimum atomic E-state index is -0.00647. The predicted octanol–water partition coefficient (Wildman–Crippen LogP) is 2.48. The molecule has 20 heavy (non-hydrogen) atoms. The lowest BCUT2D eigenvalue weighted by Crippen LogP contribution is -2.30. The first-order valence-corrected chi connectivity index (χ1v) is 7.21. The van der Waals surface area contributed by atoms with E-state index in [9.17, 15) is 4.79 Å². The van der Waals surface area contributed by atoms with Gasteiger partial charge in [0.25, 0.3) is 0 Å². The number of likely N-dealkylation sites (N-methyl/N-ethyl adjacent to an activating group) is 1. The molecule has 0 spiro atoms. The van der Waals surface area contributed by atoms with E-state index in [0.717, 1.165) is 24.2 Å². The summed E-state index contributed by atoms with van der Waals surface area (Å²) in [5, 5.41) is 7.28. The minimum Gasteiger partial charge on any atom is -0.372 e. The van der Waals surface area contributed by atoms with E-state index in [4.69, 9.17) is 4.74 Å². The van der Waals surface area contributed by atoms with Crippen LogP contribution in [0, 0.1) is 0 Å². The quantitative estimate of drug-likeness (QED) is 0.781. The number of aromatic amines is 1. The molecule has 0 saturated heterocycles. The molecule has 0 aliphatic heterocycles. The Bertz CT molecular complexity index is 421. The summed E-state index contributed by atoms with van der Waals surface area (Å²) in [5.74, 6) is -0.00647. The fourth-order valence-electron chi connectivity index (χ4n) is 1.69.